The molecule has 1 fully saturated rings. The number of nitrogens with one attached hydrogen (secondary N) is 1. The second kappa shape index (κ2) is 7.28. The topological polar surface area (TPSA) is 28.2 Å². The van der Waals surface area contributed by atoms with Crippen molar-refractivity contribution in [2.24, 2.45) is 11.8 Å². The Balaban J connectivity index is 2.03. The normalized spacial score (nSPS) is 19.1. The highest BCUT2D eigenvalue weighted by atomic mass is 35.5. The summed E-state index contributed by atoms with van der Waals surface area (Å²) in [6.07, 6.45) is 2.39. The van der Waals surface area contributed by atoms with Crippen LogP contribution < -0.4 is 10.2 Å². The first-order chi connectivity index (χ1) is 9.61. The van der Waals surface area contributed by atoms with E-state index in [1.165, 1.54) is 6.42 Å². The Kier molecular flexibility index (Phi) is 5.67. The minimum absolute atomic E-state index is 0.748. The van der Waals surface area contributed by atoms with Crippen LogP contribution in [-0.4, -0.2) is 24.6 Å². The van der Waals surface area contributed by atoms with Gasteiger partial charge < -0.3 is 10.2 Å². The maximum absolute atomic E-state index is 6.24. The Morgan fingerprint density at radius 2 is 2.25 bits per heavy atom. The van der Waals surface area contributed by atoms with E-state index in [4.69, 9.17) is 16.6 Å². The maximum atomic E-state index is 6.24. The van der Waals surface area contributed by atoms with Gasteiger partial charge in [0.2, 0.25) is 0 Å². The molecule has 1 aliphatic heterocycles. The first-order valence-corrected chi connectivity index (χ1v) is 8.10. The Hall–Kier alpha value is -0.800. The summed E-state index contributed by atoms with van der Waals surface area (Å²) in [7, 11) is 0. The largest absolute Gasteiger partial charge is 0.356 e. The van der Waals surface area contributed by atoms with Gasteiger partial charge in [0.15, 0.2) is 0 Å². The zero-order chi connectivity index (χ0) is 14.5. The van der Waals surface area contributed by atoms with Gasteiger partial charge in [0.1, 0.15) is 5.82 Å². The summed E-state index contributed by atoms with van der Waals surface area (Å²) in [4.78, 5) is 7.14. The van der Waals surface area contributed by atoms with Crippen molar-refractivity contribution in [2.45, 2.75) is 40.2 Å². The lowest BCUT2D eigenvalue weighted by Crippen LogP contribution is -2.23. The molecule has 0 amide bonds. The van der Waals surface area contributed by atoms with Crippen LogP contribution >= 0.6 is 11.6 Å². The molecule has 2 rings (SSSR count). The Bertz CT molecular complexity index is 434. The van der Waals surface area contributed by atoms with Gasteiger partial charge in [-0.2, -0.15) is 0 Å². The predicted octanol–water partition coefficient (Wildman–Crippen LogP) is 3.72. The number of rotatable bonds is 6. The van der Waals surface area contributed by atoms with Crippen molar-refractivity contribution in [3.05, 3.63) is 22.8 Å². The van der Waals surface area contributed by atoms with E-state index >= 15 is 0 Å². The molecular weight excluding hydrogens is 270 g/mol. The quantitative estimate of drug-likeness (QED) is 0.811. The highest BCUT2D eigenvalue weighted by Crippen LogP contribution is 2.28. The number of pyridine rings is 1. The van der Waals surface area contributed by atoms with Crippen LogP contribution in [0.2, 0.25) is 5.02 Å². The third-order valence-electron chi connectivity index (χ3n) is 4.11. The third kappa shape index (κ3) is 3.86. The maximum Gasteiger partial charge on any atom is 0.128 e. The molecule has 1 saturated heterocycles. The fourth-order valence-corrected chi connectivity index (χ4v) is 2.87. The minimum atomic E-state index is 0.748. The van der Waals surface area contributed by atoms with Crippen molar-refractivity contribution in [2.75, 3.05) is 24.5 Å². The van der Waals surface area contributed by atoms with Gasteiger partial charge in [0.25, 0.3) is 0 Å². The van der Waals surface area contributed by atoms with E-state index in [1.54, 1.807) is 0 Å². The van der Waals surface area contributed by atoms with Crippen molar-refractivity contribution in [1.82, 2.24) is 10.3 Å². The van der Waals surface area contributed by atoms with Gasteiger partial charge in [-0.3, -0.25) is 0 Å². The molecule has 20 heavy (non-hydrogen) atoms. The van der Waals surface area contributed by atoms with Crippen molar-refractivity contribution in [1.29, 1.82) is 0 Å². The minimum Gasteiger partial charge on any atom is -0.356 e. The predicted molar refractivity (Wildman–Crippen MR) is 86.4 cm³/mol. The van der Waals surface area contributed by atoms with Crippen molar-refractivity contribution in [3.8, 4) is 0 Å². The molecule has 0 bridgehead atoms. The summed E-state index contributed by atoms with van der Waals surface area (Å²) in [6.45, 7) is 10.8. The molecule has 1 atom stereocenters. The second-order valence-electron chi connectivity index (χ2n) is 6.01. The average molecular weight is 296 g/mol. The van der Waals surface area contributed by atoms with Crippen LogP contribution in [0.1, 0.15) is 39.3 Å². The SMILES string of the molecule is CCCNCc1nc(N2CCC(C(C)C)C2)ccc1Cl. The number of halogens is 1. The molecule has 0 aliphatic carbocycles. The number of hydrogen-bond donors (Lipinski definition) is 1. The molecule has 1 aromatic rings. The van der Waals surface area contributed by atoms with Crippen LogP contribution in [0, 0.1) is 11.8 Å². The highest BCUT2D eigenvalue weighted by molar-refractivity contribution is 6.31. The van der Waals surface area contributed by atoms with Gasteiger partial charge in [0.05, 0.1) is 10.7 Å². The summed E-state index contributed by atoms with van der Waals surface area (Å²) < 4.78 is 0. The van der Waals surface area contributed by atoms with Crippen molar-refractivity contribution >= 4 is 17.4 Å². The molecule has 112 valence electrons. The van der Waals surface area contributed by atoms with Gasteiger partial charge in [0, 0.05) is 19.6 Å². The Morgan fingerprint density at radius 3 is 2.90 bits per heavy atom. The van der Waals surface area contributed by atoms with E-state index in [0.29, 0.717) is 0 Å². The molecule has 0 spiro atoms. The van der Waals surface area contributed by atoms with Crippen LogP contribution in [0.3, 0.4) is 0 Å². The van der Waals surface area contributed by atoms with E-state index < -0.39 is 0 Å². The standard InChI is InChI=1S/C16H26ClN3/c1-4-8-18-10-15-14(17)5-6-16(19-15)20-9-7-13(11-20)12(2)3/h5-6,12-13,18H,4,7-11H2,1-3H3. The molecule has 3 nitrogen and oxygen atoms in total. The summed E-state index contributed by atoms with van der Waals surface area (Å²) in [5.74, 6) is 2.61. The van der Waals surface area contributed by atoms with Gasteiger partial charge in [-0.15, -0.1) is 0 Å². The smallest absolute Gasteiger partial charge is 0.128 e. The van der Waals surface area contributed by atoms with Crippen molar-refractivity contribution < 1.29 is 0 Å². The Morgan fingerprint density at radius 1 is 1.45 bits per heavy atom. The van der Waals surface area contributed by atoms with Crippen LogP contribution in [-0.2, 0) is 6.54 Å². The first kappa shape index (κ1) is 15.6. The molecule has 1 unspecified atom stereocenters. The summed E-state index contributed by atoms with van der Waals surface area (Å²) in [6, 6.07) is 4.03. The second-order valence-corrected chi connectivity index (χ2v) is 6.42. The van der Waals surface area contributed by atoms with Crippen molar-refractivity contribution in [3.63, 3.8) is 0 Å². The summed E-state index contributed by atoms with van der Waals surface area (Å²) in [5.41, 5.74) is 0.964. The van der Waals surface area contributed by atoms with E-state index in [1.807, 2.05) is 12.1 Å². The average Bonchev–Trinajstić information content (AvgIpc) is 2.91. The lowest BCUT2D eigenvalue weighted by Gasteiger charge is -2.20. The highest BCUT2D eigenvalue weighted by Gasteiger charge is 2.25. The lowest BCUT2D eigenvalue weighted by molar-refractivity contribution is 0.422. The van der Waals surface area contributed by atoms with Gasteiger partial charge in [-0.05, 0) is 43.4 Å². The van der Waals surface area contributed by atoms with E-state index in [2.05, 4.69) is 31.0 Å². The lowest BCUT2D eigenvalue weighted by atomic mass is 9.95. The first-order valence-electron chi connectivity index (χ1n) is 7.73. The Labute approximate surface area is 127 Å². The van der Waals surface area contributed by atoms with Crippen LogP contribution in [0.15, 0.2) is 12.1 Å². The molecule has 0 radical (unpaired) electrons. The van der Waals surface area contributed by atoms with Gasteiger partial charge in [-0.1, -0.05) is 32.4 Å². The molecule has 0 saturated carbocycles. The molecule has 2 heterocycles. The monoisotopic (exact) mass is 295 g/mol. The molecule has 1 N–H and O–H groups in total. The summed E-state index contributed by atoms with van der Waals surface area (Å²) >= 11 is 6.24. The molecular formula is C16H26ClN3. The summed E-state index contributed by atoms with van der Waals surface area (Å²) in [5, 5.41) is 4.13. The molecule has 4 heteroatoms. The molecule has 1 aliphatic rings. The molecule has 0 aromatic carbocycles. The van der Waals surface area contributed by atoms with Gasteiger partial charge in [-0.25, -0.2) is 4.98 Å². The number of nitrogens with zero attached hydrogens (tertiary/aromatic N) is 2. The van der Waals surface area contributed by atoms with Crippen LogP contribution in [0.5, 0.6) is 0 Å². The number of hydrogen-bond acceptors (Lipinski definition) is 3. The van der Waals surface area contributed by atoms with Crippen LogP contribution in [0.4, 0.5) is 5.82 Å². The molecule has 1 aromatic heterocycles. The van der Waals surface area contributed by atoms with Crippen LogP contribution in [0.25, 0.3) is 0 Å². The number of aromatic nitrogens is 1. The third-order valence-corrected chi connectivity index (χ3v) is 4.46. The fourth-order valence-electron chi connectivity index (χ4n) is 2.70. The zero-order valence-electron chi connectivity index (χ0n) is 12.8. The van der Waals surface area contributed by atoms with E-state index in [9.17, 15) is 0 Å². The fraction of sp³-hybridized carbons (Fsp3) is 0.688. The zero-order valence-corrected chi connectivity index (χ0v) is 13.6. The van der Waals surface area contributed by atoms with Gasteiger partial charge >= 0.3 is 0 Å². The van der Waals surface area contributed by atoms with E-state index in [-0.39, 0.29) is 0 Å². The van der Waals surface area contributed by atoms with E-state index in [0.717, 1.165) is 61.0 Å². The number of anilines is 1.